The maximum absolute atomic E-state index is 5.59. The zero-order valence-corrected chi connectivity index (χ0v) is 10.4. The maximum atomic E-state index is 5.59. The van der Waals surface area contributed by atoms with Gasteiger partial charge in [0.1, 0.15) is 0 Å². The number of unbranched alkanes of at least 4 members (excludes halogenated alkanes) is 1. The molecule has 17 heavy (non-hydrogen) atoms. The average molecular weight is 232 g/mol. The first-order valence-corrected chi connectivity index (χ1v) is 6.39. The number of ether oxygens (including phenoxy) is 2. The van der Waals surface area contributed by atoms with Crippen LogP contribution in [-0.4, -0.2) is 19.5 Å². The second-order valence-electron chi connectivity index (χ2n) is 4.31. The fourth-order valence-electron chi connectivity index (χ4n) is 1.97. The van der Waals surface area contributed by atoms with Gasteiger partial charge >= 0.3 is 0 Å². The second-order valence-corrected chi connectivity index (χ2v) is 4.31. The standard InChI is InChI=1S/C15H20O2/c1-2-3-9-14(15-16-10-11-17-15)12-13-7-5-4-6-8-13/h4-8,12,15H,2-3,9-11H2,1H3. The quantitative estimate of drug-likeness (QED) is 0.771. The van der Waals surface area contributed by atoms with Crippen molar-refractivity contribution in [1.29, 1.82) is 0 Å². The van der Waals surface area contributed by atoms with Crippen molar-refractivity contribution in [1.82, 2.24) is 0 Å². The Labute approximate surface area is 103 Å². The Balaban J connectivity index is 2.11. The summed E-state index contributed by atoms with van der Waals surface area (Å²) < 4.78 is 11.2. The molecule has 0 radical (unpaired) electrons. The van der Waals surface area contributed by atoms with Gasteiger partial charge in [0.05, 0.1) is 13.2 Å². The van der Waals surface area contributed by atoms with Crippen LogP contribution in [0.2, 0.25) is 0 Å². The van der Waals surface area contributed by atoms with Gasteiger partial charge in [-0.1, -0.05) is 49.8 Å². The lowest BCUT2D eigenvalue weighted by Gasteiger charge is -2.14. The van der Waals surface area contributed by atoms with Crippen molar-refractivity contribution in [3.8, 4) is 0 Å². The van der Waals surface area contributed by atoms with E-state index in [9.17, 15) is 0 Å². The Bertz CT molecular complexity index is 350. The minimum Gasteiger partial charge on any atom is -0.346 e. The SMILES string of the molecule is CCCCC(=Cc1ccccc1)C1OCCO1. The monoisotopic (exact) mass is 232 g/mol. The van der Waals surface area contributed by atoms with Gasteiger partial charge in [-0.2, -0.15) is 0 Å². The van der Waals surface area contributed by atoms with Gasteiger partial charge in [0.2, 0.25) is 0 Å². The van der Waals surface area contributed by atoms with E-state index >= 15 is 0 Å². The molecule has 92 valence electrons. The molecule has 0 N–H and O–H groups in total. The topological polar surface area (TPSA) is 18.5 Å². The van der Waals surface area contributed by atoms with E-state index in [2.05, 4.69) is 37.3 Å². The third kappa shape index (κ3) is 3.69. The van der Waals surface area contributed by atoms with E-state index in [4.69, 9.17) is 9.47 Å². The minimum absolute atomic E-state index is 0.123. The summed E-state index contributed by atoms with van der Waals surface area (Å²) in [6.07, 6.45) is 5.50. The molecule has 2 heteroatoms. The van der Waals surface area contributed by atoms with Crippen molar-refractivity contribution < 1.29 is 9.47 Å². The normalized spacial score (nSPS) is 17.6. The first-order chi connectivity index (χ1) is 8.40. The molecule has 2 rings (SSSR count). The summed E-state index contributed by atoms with van der Waals surface area (Å²) in [6.45, 7) is 3.63. The van der Waals surface area contributed by atoms with E-state index in [0.717, 1.165) is 6.42 Å². The number of benzene rings is 1. The molecule has 1 saturated heterocycles. The zero-order valence-electron chi connectivity index (χ0n) is 10.4. The summed E-state index contributed by atoms with van der Waals surface area (Å²) in [5.74, 6) is 0. The molecule has 1 fully saturated rings. The first kappa shape index (κ1) is 12.3. The number of hydrogen-bond acceptors (Lipinski definition) is 2. The highest BCUT2D eigenvalue weighted by Gasteiger charge is 2.20. The van der Waals surface area contributed by atoms with Gasteiger partial charge in [-0.3, -0.25) is 0 Å². The average Bonchev–Trinajstić information content (AvgIpc) is 2.89. The third-order valence-corrected chi connectivity index (χ3v) is 2.90. The lowest BCUT2D eigenvalue weighted by Crippen LogP contribution is -2.11. The largest absolute Gasteiger partial charge is 0.346 e. The Hall–Kier alpha value is -1.12. The molecular formula is C15H20O2. The van der Waals surface area contributed by atoms with Gasteiger partial charge in [0.15, 0.2) is 6.29 Å². The van der Waals surface area contributed by atoms with Crippen LogP contribution >= 0.6 is 0 Å². The molecule has 2 nitrogen and oxygen atoms in total. The summed E-state index contributed by atoms with van der Waals surface area (Å²) in [6, 6.07) is 10.4. The summed E-state index contributed by atoms with van der Waals surface area (Å²) in [7, 11) is 0. The molecule has 0 aromatic heterocycles. The van der Waals surface area contributed by atoms with Gasteiger partial charge in [0, 0.05) is 0 Å². The van der Waals surface area contributed by atoms with Crippen LogP contribution in [0.4, 0.5) is 0 Å². The van der Waals surface area contributed by atoms with Crippen molar-refractivity contribution in [2.45, 2.75) is 32.5 Å². The molecule has 1 aromatic carbocycles. The predicted octanol–water partition coefficient (Wildman–Crippen LogP) is 3.63. The van der Waals surface area contributed by atoms with Gasteiger partial charge in [-0.05, 0) is 24.0 Å². The van der Waals surface area contributed by atoms with Gasteiger partial charge in [-0.25, -0.2) is 0 Å². The van der Waals surface area contributed by atoms with E-state index in [-0.39, 0.29) is 6.29 Å². The molecule has 1 aliphatic rings. The highest BCUT2D eigenvalue weighted by atomic mass is 16.7. The van der Waals surface area contributed by atoms with Crippen LogP contribution < -0.4 is 0 Å². The Morgan fingerprint density at radius 2 is 1.94 bits per heavy atom. The van der Waals surface area contributed by atoms with Crippen LogP contribution in [-0.2, 0) is 9.47 Å². The zero-order chi connectivity index (χ0) is 11.9. The minimum atomic E-state index is -0.123. The fraction of sp³-hybridized carbons (Fsp3) is 0.467. The lowest BCUT2D eigenvalue weighted by molar-refractivity contribution is -0.0127. The van der Waals surface area contributed by atoms with E-state index in [1.54, 1.807) is 0 Å². The molecule has 1 aromatic rings. The predicted molar refractivity (Wildman–Crippen MR) is 69.6 cm³/mol. The van der Waals surface area contributed by atoms with Crippen molar-refractivity contribution >= 4 is 6.08 Å². The highest BCUT2D eigenvalue weighted by molar-refractivity contribution is 5.53. The van der Waals surface area contributed by atoms with Crippen molar-refractivity contribution in [3.63, 3.8) is 0 Å². The molecule has 0 bridgehead atoms. The maximum Gasteiger partial charge on any atom is 0.180 e. The van der Waals surface area contributed by atoms with Crippen LogP contribution in [0.3, 0.4) is 0 Å². The lowest BCUT2D eigenvalue weighted by atomic mass is 10.0. The molecule has 0 atom stereocenters. The summed E-state index contributed by atoms with van der Waals surface area (Å²) >= 11 is 0. The Morgan fingerprint density at radius 1 is 1.24 bits per heavy atom. The highest BCUT2D eigenvalue weighted by Crippen LogP contribution is 2.22. The molecule has 0 saturated carbocycles. The molecule has 0 amide bonds. The Morgan fingerprint density at radius 3 is 2.59 bits per heavy atom. The second kappa shape index (κ2) is 6.58. The van der Waals surface area contributed by atoms with Gasteiger partial charge in [0.25, 0.3) is 0 Å². The first-order valence-electron chi connectivity index (χ1n) is 6.39. The smallest absolute Gasteiger partial charge is 0.180 e. The number of rotatable bonds is 5. The van der Waals surface area contributed by atoms with E-state index in [0.29, 0.717) is 13.2 Å². The number of hydrogen-bond donors (Lipinski definition) is 0. The van der Waals surface area contributed by atoms with Crippen molar-refractivity contribution in [3.05, 3.63) is 41.5 Å². The van der Waals surface area contributed by atoms with Crippen LogP contribution in [0.15, 0.2) is 35.9 Å². The van der Waals surface area contributed by atoms with Gasteiger partial charge in [-0.15, -0.1) is 0 Å². The summed E-state index contributed by atoms with van der Waals surface area (Å²) in [4.78, 5) is 0. The Kier molecular flexibility index (Phi) is 4.77. The van der Waals surface area contributed by atoms with E-state index in [1.165, 1.54) is 24.0 Å². The van der Waals surface area contributed by atoms with Crippen LogP contribution in [0, 0.1) is 0 Å². The van der Waals surface area contributed by atoms with E-state index < -0.39 is 0 Å². The molecule has 0 unspecified atom stereocenters. The van der Waals surface area contributed by atoms with Gasteiger partial charge < -0.3 is 9.47 Å². The third-order valence-electron chi connectivity index (χ3n) is 2.90. The van der Waals surface area contributed by atoms with E-state index in [1.807, 2.05) is 6.07 Å². The van der Waals surface area contributed by atoms with Crippen LogP contribution in [0.1, 0.15) is 31.7 Å². The molecular weight excluding hydrogens is 212 g/mol. The fourth-order valence-corrected chi connectivity index (χ4v) is 1.97. The summed E-state index contributed by atoms with van der Waals surface area (Å²) in [5, 5.41) is 0. The molecule has 1 aliphatic heterocycles. The van der Waals surface area contributed by atoms with Crippen LogP contribution in [0.25, 0.3) is 6.08 Å². The van der Waals surface area contributed by atoms with Crippen molar-refractivity contribution in [2.24, 2.45) is 0 Å². The molecule has 0 aliphatic carbocycles. The van der Waals surface area contributed by atoms with Crippen molar-refractivity contribution in [2.75, 3.05) is 13.2 Å². The van der Waals surface area contributed by atoms with Crippen LogP contribution in [0.5, 0.6) is 0 Å². The summed E-state index contributed by atoms with van der Waals surface area (Å²) in [5.41, 5.74) is 2.48. The molecule has 0 spiro atoms. The molecule has 1 heterocycles.